The van der Waals surface area contributed by atoms with Crippen LogP contribution in [-0.2, 0) is 28.6 Å². The van der Waals surface area contributed by atoms with Gasteiger partial charge in [0.2, 0.25) is 0 Å². The summed E-state index contributed by atoms with van der Waals surface area (Å²) in [6, 6.07) is 0. The predicted molar refractivity (Wildman–Crippen MR) is 69.6 cm³/mol. The number of carbonyl (C=O) groups is 3. The van der Waals surface area contributed by atoms with Crippen LogP contribution in [-0.4, -0.2) is 37.7 Å². The summed E-state index contributed by atoms with van der Waals surface area (Å²) in [5.74, 6) is -2.56. The molecule has 112 valence electrons. The summed E-state index contributed by atoms with van der Waals surface area (Å²) in [6.45, 7) is 9.10. The molecule has 1 aliphatic rings. The number of rotatable bonds is 7. The largest absolute Gasteiger partial charge is 0.465 e. The van der Waals surface area contributed by atoms with Crippen LogP contribution in [0.4, 0.5) is 0 Å². The maximum atomic E-state index is 12.0. The summed E-state index contributed by atoms with van der Waals surface area (Å²) in [6.07, 6.45) is 0.169. The Morgan fingerprint density at radius 1 is 1.00 bits per heavy atom. The normalized spacial score (nSPS) is 18.9. The third kappa shape index (κ3) is 2.84. The van der Waals surface area contributed by atoms with Crippen molar-refractivity contribution >= 4 is 17.9 Å². The molecule has 20 heavy (non-hydrogen) atoms. The summed E-state index contributed by atoms with van der Waals surface area (Å²) < 4.78 is 14.7. The molecule has 0 aromatic heterocycles. The molecule has 1 fully saturated rings. The van der Waals surface area contributed by atoms with Gasteiger partial charge in [-0.15, -0.1) is 0 Å². The summed E-state index contributed by atoms with van der Waals surface area (Å²) in [5.41, 5.74) is -1.33. The van der Waals surface area contributed by atoms with E-state index < -0.39 is 29.2 Å². The van der Waals surface area contributed by atoms with Gasteiger partial charge >= 0.3 is 17.9 Å². The third-order valence-corrected chi connectivity index (χ3v) is 3.20. The van der Waals surface area contributed by atoms with E-state index in [0.29, 0.717) is 0 Å². The smallest absolute Gasteiger partial charge is 0.333 e. The van der Waals surface area contributed by atoms with Crippen molar-refractivity contribution in [2.45, 2.75) is 27.2 Å². The van der Waals surface area contributed by atoms with Crippen LogP contribution in [0.2, 0.25) is 0 Å². The molecule has 0 aromatic carbocycles. The van der Waals surface area contributed by atoms with Crippen LogP contribution >= 0.6 is 0 Å². The Balaban J connectivity index is 2.90. The van der Waals surface area contributed by atoms with Crippen LogP contribution < -0.4 is 0 Å². The molecule has 0 bridgehead atoms. The Morgan fingerprint density at radius 2 is 1.45 bits per heavy atom. The van der Waals surface area contributed by atoms with Gasteiger partial charge in [-0.2, -0.15) is 0 Å². The molecule has 0 spiro atoms. The van der Waals surface area contributed by atoms with Crippen LogP contribution in [0, 0.1) is 11.3 Å². The van der Waals surface area contributed by atoms with Gasteiger partial charge in [0.1, 0.15) is 0 Å². The van der Waals surface area contributed by atoms with Crippen molar-refractivity contribution in [1.82, 2.24) is 0 Å². The van der Waals surface area contributed by atoms with E-state index in [4.69, 9.17) is 14.2 Å². The number of hydrogen-bond acceptors (Lipinski definition) is 6. The van der Waals surface area contributed by atoms with E-state index in [0.717, 1.165) is 0 Å². The molecule has 0 aliphatic heterocycles. The van der Waals surface area contributed by atoms with Crippen LogP contribution in [0.25, 0.3) is 0 Å². The Bertz CT molecular complexity index is 407. The van der Waals surface area contributed by atoms with Gasteiger partial charge in [-0.05, 0) is 27.2 Å². The van der Waals surface area contributed by atoms with Crippen molar-refractivity contribution < 1.29 is 28.6 Å². The van der Waals surface area contributed by atoms with E-state index in [1.807, 2.05) is 0 Å². The molecule has 1 aliphatic carbocycles. The molecule has 0 amide bonds. The minimum atomic E-state index is -1.43. The van der Waals surface area contributed by atoms with Crippen LogP contribution in [0.15, 0.2) is 12.2 Å². The molecule has 1 saturated carbocycles. The lowest BCUT2D eigenvalue weighted by atomic mass is 10.00. The van der Waals surface area contributed by atoms with Crippen molar-refractivity contribution in [3.63, 3.8) is 0 Å². The molecule has 0 heterocycles. The number of esters is 3. The van der Waals surface area contributed by atoms with E-state index in [1.54, 1.807) is 20.8 Å². The first-order valence-electron chi connectivity index (χ1n) is 6.65. The van der Waals surface area contributed by atoms with Gasteiger partial charge in [0.25, 0.3) is 0 Å². The average Bonchev–Trinajstić information content (AvgIpc) is 3.15. The minimum Gasteiger partial charge on any atom is -0.465 e. The van der Waals surface area contributed by atoms with Gasteiger partial charge in [0.15, 0.2) is 5.41 Å². The molecule has 6 heteroatoms. The average molecular weight is 284 g/mol. The van der Waals surface area contributed by atoms with Crippen molar-refractivity contribution in [3.8, 4) is 0 Å². The van der Waals surface area contributed by atoms with Crippen molar-refractivity contribution in [2.75, 3.05) is 19.8 Å². The number of hydrogen-bond donors (Lipinski definition) is 0. The molecule has 1 atom stereocenters. The lowest BCUT2D eigenvalue weighted by Gasteiger charge is -2.15. The maximum absolute atomic E-state index is 12.0. The van der Waals surface area contributed by atoms with Gasteiger partial charge in [-0.25, -0.2) is 4.79 Å². The molecule has 1 rings (SSSR count). The molecule has 1 unspecified atom stereocenters. The van der Waals surface area contributed by atoms with Crippen LogP contribution in [0.1, 0.15) is 27.2 Å². The van der Waals surface area contributed by atoms with E-state index in [2.05, 4.69) is 6.58 Å². The van der Waals surface area contributed by atoms with Crippen LogP contribution in [0.3, 0.4) is 0 Å². The van der Waals surface area contributed by atoms with Crippen molar-refractivity contribution in [3.05, 3.63) is 12.2 Å². The van der Waals surface area contributed by atoms with E-state index in [9.17, 15) is 14.4 Å². The van der Waals surface area contributed by atoms with Gasteiger partial charge < -0.3 is 14.2 Å². The number of ether oxygens (including phenoxy) is 3. The molecule has 6 nitrogen and oxygen atoms in total. The monoisotopic (exact) mass is 284 g/mol. The molecule has 0 radical (unpaired) electrons. The van der Waals surface area contributed by atoms with Crippen molar-refractivity contribution in [2.24, 2.45) is 11.3 Å². The fraction of sp³-hybridized carbons (Fsp3) is 0.643. The molecule has 0 aromatic rings. The van der Waals surface area contributed by atoms with Gasteiger partial charge in [0.05, 0.1) is 19.8 Å². The lowest BCUT2D eigenvalue weighted by molar-refractivity contribution is -0.164. The molecular weight excluding hydrogens is 264 g/mol. The lowest BCUT2D eigenvalue weighted by Crippen LogP contribution is -2.33. The third-order valence-electron chi connectivity index (χ3n) is 3.20. The van der Waals surface area contributed by atoms with Crippen molar-refractivity contribution in [1.29, 1.82) is 0 Å². The Morgan fingerprint density at radius 3 is 1.85 bits per heavy atom. The van der Waals surface area contributed by atoms with E-state index in [-0.39, 0.29) is 31.8 Å². The Kier molecular flexibility index (Phi) is 5.30. The summed E-state index contributed by atoms with van der Waals surface area (Å²) in [5, 5.41) is 0. The highest BCUT2D eigenvalue weighted by atomic mass is 16.6. The standard InChI is InChI=1S/C14H20O6/c1-5-18-11(15)9(4)10-8-14(10,12(16)19-6-2)13(17)20-7-3/h10H,4-8H2,1-3H3. The first-order chi connectivity index (χ1) is 9.45. The first kappa shape index (κ1) is 16.2. The minimum absolute atomic E-state index is 0.105. The predicted octanol–water partition coefficient (Wildman–Crippen LogP) is 1.24. The topological polar surface area (TPSA) is 78.9 Å². The zero-order valence-electron chi connectivity index (χ0n) is 12.1. The second kappa shape index (κ2) is 6.54. The quantitative estimate of drug-likeness (QED) is 0.303. The molecular formula is C14H20O6. The molecule has 0 saturated heterocycles. The summed E-state index contributed by atoms with van der Waals surface area (Å²) >= 11 is 0. The SMILES string of the molecule is C=C(C(=O)OCC)C1CC1(C(=O)OCC)C(=O)OCC. The Labute approximate surface area is 118 Å². The zero-order valence-corrected chi connectivity index (χ0v) is 12.1. The Hall–Kier alpha value is -1.85. The zero-order chi connectivity index (χ0) is 15.3. The highest BCUT2D eigenvalue weighted by Crippen LogP contribution is 2.58. The van der Waals surface area contributed by atoms with Gasteiger partial charge in [-0.1, -0.05) is 6.58 Å². The fourth-order valence-electron chi connectivity index (χ4n) is 2.10. The second-order valence-corrected chi connectivity index (χ2v) is 4.41. The van der Waals surface area contributed by atoms with E-state index >= 15 is 0 Å². The fourth-order valence-corrected chi connectivity index (χ4v) is 2.10. The maximum Gasteiger partial charge on any atom is 0.333 e. The van der Waals surface area contributed by atoms with Gasteiger partial charge in [-0.3, -0.25) is 9.59 Å². The van der Waals surface area contributed by atoms with E-state index in [1.165, 1.54) is 0 Å². The highest BCUT2D eigenvalue weighted by Gasteiger charge is 2.70. The summed E-state index contributed by atoms with van der Waals surface area (Å²) in [4.78, 5) is 35.7. The second-order valence-electron chi connectivity index (χ2n) is 4.41. The first-order valence-corrected chi connectivity index (χ1v) is 6.65. The summed E-state index contributed by atoms with van der Waals surface area (Å²) in [7, 11) is 0. The number of carbonyl (C=O) groups excluding carboxylic acids is 3. The van der Waals surface area contributed by atoms with Gasteiger partial charge in [0, 0.05) is 11.5 Å². The van der Waals surface area contributed by atoms with Crippen LogP contribution in [0.5, 0.6) is 0 Å². The molecule has 0 N–H and O–H groups in total. The highest BCUT2D eigenvalue weighted by molar-refractivity contribution is 6.07.